The van der Waals surface area contributed by atoms with Gasteiger partial charge in [-0.2, -0.15) is 0 Å². The van der Waals surface area contributed by atoms with E-state index >= 15 is 0 Å². The van der Waals surface area contributed by atoms with E-state index in [1.54, 1.807) is 5.51 Å². The Morgan fingerprint density at radius 2 is 2.00 bits per heavy atom. The summed E-state index contributed by atoms with van der Waals surface area (Å²) in [5.74, 6) is 1.24. The molecule has 2 aromatic carbocycles. The summed E-state index contributed by atoms with van der Waals surface area (Å²) >= 11 is 6.44. The number of anilines is 1. The molecule has 4 rings (SSSR count). The highest BCUT2D eigenvalue weighted by Crippen LogP contribution is 2.36. The van der Waals surface area contributed by atoms with Gasteiger partial charge < -0.3 is 14.8 Å². The Morgan fingerprint density at radius 1 is 1.22 bits per heavy atom. The van der Waals surface area contributed by atoms with E-state index in [1.807, 2.05) is 36.4 Å². The minimum Gasteiger partial charge on any atom is -0.486 e. The van der Waals surface area contributed by atoms with Gasteiger partial charge in [-0.15, -0.1) is 10.2 Å². The number of amides is 1. The van der Waals surface area contributed by atoms with Gasteiger partial charge in [0.25, 0.3) is 0 Å². The average Bonchev–Trinajstić information content (AvgIpc) is 3.17. The van der Waals surface area contributed by atoms with Crippen molar-refractivity contribution in [3.05, 3.63) is 51.9 Å². The smallest absolute Gasteiger partial charge is 0.228 e. The summed E-state index contributed by atoms with van der Waals surface area (Å²) in [6.07, 6.45) is 0.217. The van der Waals surface area contributed by atoms with E-state index in [-0.39, 0.29) is 12.3 Å². The van der Waals surface area contributed by atoms with E-state index in [2.05, 4.69) is 31.4 Å². The lowest BCUT2D eigenvalue weighted by Crippen LogP contribution is -2.17. The fraction of sp³-hybridized carbons (Fsp3) is 0.167. The third-order valence-corrected chi connectivity index (χ3v) is 6.35. The van der Waals surface area contributed by atoms with Gasteiger partial charge in [0.15, 0.2) is 15.8 Å². The van der Waals surface area contributed by atoms with E-state index in [0.29, 0.717) is 24.7 Å². The van der Waals surface area contributed by atoms with Gasteiger partial charge in [0.05, 0.1) is 12.1 Å². The molecule has 27 heavy (non-hydrogen) atoms. The molecule has 138 valence electrons. The van der Waals surface area contributed by atoms with E-state index in [9.17, 15) is 4.79 Å². The molecular formula is C18H14BrN3O3S2. The lowest BCUT2D eigenvalue weighted by molar-refractivity contribution is -0.115. The Hall–Kier alpha value is -2.10. The predicted octanol–water partition coefficient (Wildman–Crippen LogP) is 4.40. The van der Waals surface area contributed by atoms with Crippen molar-refractivity contribution in [2.75, 3.05) is 18.5 Å². The highest BCUT2D eigenvalue weighted by atomic mass is 79.9. The summed E-state index contributed by atoms with van der Waals surface area (Å²) in [5, 5.41) is 10.9. The van der Waals surface area contributed by atoms with Gasteiger partial charge >= 0.3 is 0 Å². The highest BCUT2D eigenvalue weighted by molar-refractivity contribution is 9.10. The molecule has 1 aliphatic rings. The van der Waals surface area contributed by atoms with Gasteiger partial charge in [-0.25, -0.2) is 0 Å². The van der Waals surface area contributed by atoms with Crippen LogP contribution in [0.2, 0.25) is 0 Å². The molecule has 0 saturated heterocycles. The zero-order valence-corrected chi connectivity index (χ0v) is 17.2. The summed E-state index contributed by atoms with van der Waals surface area (Å²) in [6, 6.07) is 11.3. The second-order valence-electron chi connectivity index (χ2n) is 5.62. The summed E-state index contributed by atoms with van der Waals surface area (Å²) in [7, 11) is 0. The van der Waals surface area contributed by atoms with Crippen molar-refractivity contribution in [2.24, 2.45) is 0 Å². The largest absolute Gasteiger partial charge is 0.486 e. The normalized spacial score (nSPS) is 12.6. The number of rotatable bonds is 5. The fourth-order valence-electron chi connectivity index (χ4n) is 2.57. The first kappa shape index (κ1) is 18.3. The zero-order chi connectivity index (χ0) is 18.6. The third kappa shape index (κ3) is 4.42. The van der Waals surface area contributed by atoms with Gasteiger partial charge in [-0.05, 0) is 29.8 Å². The lowest BCUT2D eigenvalue weighted by Gasteiger charge is -2.20. The molecule has 0 atom stereocenters. The quantitative estimate of drug-likeness (QED) is 0.604. The number of para-hydroxylation sites is 1. The minimum atomic E-state index is -0.113. The fourth-order valence-corrected chi connectivity index (χ4v) is 4.55. The number of ether oxygens (including phenoxy) is 2. The molecule has 0 aliphatic carbocycles. The first-order valence-electron chi connectivity index (χ1n) is 8.10. The Kier molecular flexibility index (Phi) is 5.61. The molecule has 3 aromatic rings. The number of hydrogen-bond donors (Lipinski definition) is 1. The molecule has 0 radical (unpaired) electrons. The van der Waals surface area contributed by atoms with Crippen molar-refractivity contribution >= 4 is 50.6 Å². The molecule has 1 amide bonds. The lowest BCUT2D eigenvalue weighted by atomic mass is 10.1. The monoisotopic (exact) mass is 463 g/mol. The van der Waals surface area contributed by atoms with Crippen LogP contribution in [-0.2, 0) is 11.2 Å². The van der Waals surface area contributed by atoms with Crippen LogP contribution in [0, 0.1) is 0 Å². The van der Waals surface area contributed by atoms with E-state index in [1.165, 1.54) is 23.1 Å². The van der Waals surface area contributed by atoms with Crippen LogP contribution in [-0.4, -0.2) is 29.3 Å². The highest BCUT2D eigenvalue weighted by Gasteiger charge is 2.17. The number of halogens is 1. The van der Waals surface area contributed by atoms with Crippen LogP contribution in [0.5, 0.6) is 11.5 Å². The molecule has 0 bridgehead atoms. The van der Waals surface area contributed by atoms with Gasteiger partial charge in [0.2, 0.25) is 5.91 Å². The number of hydrogen-bond acceptors (Lipinski definition) is 7. The van der Waals surface area contributed by atoms with E-state index in [0.717, 1.165) is 25.0 Å². The number of carbonyl (C=O) groups is 1. The van der Waals surface area contributed by atoms with E-state index < -0.39 is 0 Å². The Morgan fingerprint density at radius 3 is 2.78 bits per heavy atom. The molecule has 9 heteroatoms. The van der Waals surface area contributed by atoms with Crippen LogP contribution in [0.15, 0.2) is 55.6 Å². The van der Waals surface area contributed by atoms with Crippen LogP contribution in [0.1, 0.15) is 5.56 Å². The maximum absolute atomic E-state index is 12.6. The summed E-state index contributed by atoms with van der Waals surface area (Å²) in [5.41, 5.74) is 3.27. The van der Waals surface area contributed by atoms with Crippen molar-refractivity contribution in [1.29, 1.82) is 0 Å². The molecule has 1 N–H and O–H groups in total. The number of nitrogens with one attached hydrogen (secondary N) is 1. The van der Waals surface area contributed by atoms with Crippen LogP contribution in [0.25, 0.3) is 0 Å². The zero-order valence-electron chi connectivity index (χ0n) is 14.0. The Labute approximate surface area is 172 Å². The van der Waals surface area contributed by atoms with Crippen molar-refractivity contribution in [3.8, 4) is 11.5 Å². The van der Waals surface area contributed by atoms with Crippen molar-refractivity contribution in [1.82, 2.24) is 10.2 Å². The standard InChI is InChI=1S/C18H14BrN3O3S2/c19-12-9-15-14(24-5-6-25-15)7-11(12)8-17(23)21-13-3-1-2-4-16(13)27-18-22-20-10-26-18/h1-4,7,9-10H,5-6,8H2,(H,21,23). The average molecular weight is 464 g/mol. The number of nitrogens with zero attached hydrogens (tertiary/aromatic N) is 2. The van der Waals surface area contributed by atoms with Crippen LogP contribution in [0.3, 0.4) is 0 Å². The second-order valence-corrected chi connectivity index (χ2v) is 8.59. The molecule has 2 heterocycles. The number of fused-ring (bicyclic) bond motifs is 1. The van der Waals surface area contributed by atoms with Gasteiger partial charge in [0, 0.05) is 9.37 Å². The molecule has 0 saturated carbocycles. The van der Waals surface area contributed by atoms with Crippen molar-refractivity contribution in [2.45, 2.75) is 15.7 Å². The minimum absolute atomic E-state index is 0.113. The Bertz CT molecular complexity index is 966. The van der Waals surface area contributed by atoms with Gasteiger partial charge in [-0.3, -0.25) is 4.79 Å². The Balaban J connectivity index is 1.49. The van der Waals surface area contributed by atoms with Gasteiger partial charge in [0.1, 0.15) is 18.7 Å². The predicted molar refractivity (Wildman–Crippen MR) is 108 cm³/mol. The summed E-state index contributed by atoms with van der Waals surface area (Å²) in [4.78, 5) is 13.5. The first-order valence-corrected chi connectivity index (χ1v) is 10.6. The molecule has 0 unspecified atom stereocenters. The van der Waals surface area contributed by atoms with Crippen LogP contribution in [0.4, 0.5) is 5.69 Å². The van der Waals surface area contributed by atoms with Crippen LogP contribution < -0.4 is 14.8 Å². The number of aromatic nitrogens is 2. The van der Waals surface area contributed by atoms with E-state index in [4.69, 9.17) is 9.47 Å². The molecular weight excluding hydrogens is 450 g/mol. The maximum Gasteiger partial charge on any atom is 0.228 e. The van der Waals surface area contributed by atoms with Crippen molar-refractivity contribution in [3.63, 3.8) is 0 Å². The topological polar surface area (TPSA) is 73.3 Å². The maximum atomic E-state index is 12.6. The molecule has 0 spiro atoms. The summed E-state index contributed by atoms with van der Waals surface area (Å²) < 4.78 is 12.8. The summed E-state index contributed by atoms with van der Waals surface area (Å²) in [6.45, 7) is 1.04. The van der Waals surface area contributed by atoms with Crippen molar-refractivity contribution < 1.29 is 14.3 Å². The molecule has 1 aromatic heterocycles. The third-order valence-electron chi connectivity index (χ3n) is 3.76. The SMILES string of the molecule is O=C(Cc1cc2c(cc1Br)OCCO2)Nc1ccccc1Sc1nncs1. The second kappa shape index (κ2) is 8.28. The first-order chi connectivity index (χ1) is 13.2. The molecule has 6 nitrogen and oxygen atoms in total. The van der Waals surface area contributed by atoms with Crippen LogP contribution >= 0.6 is 39.0 Å². The molecule has 0 fully saturated rings. The molecule has 1 aliphatic heterocycles. The van der Waals surface area contributed by atoms with Gasteiger partial charge in [-0.1, -0.05) is 51.2 Å². The number of carbonyl (C=O) groups excluding carboxylic acids is 1. The number of benzene rings is 2.